The fourth-order valence-corrected chi connectivity index (χ4v) is 3.56. The van der Waals surface area contributed by atoms with Crippen LogP contribution in [0.2, 0.25) is 0 Å². The van der Waals surface area contributed by atoms with Crippen LogP contribution in [0.25, 0.3) is 0 Å². The lowest BCUT2D eigenvalue weighted by molar-refractivity contribution is 0.103. The van der Waals surface area contributed by atoms with E-state index in [4.69, 9.17) is 10.00 Å². The van der Waals surface area contributed by atoms with E-state index in [1.54, 1.807) is 35.6 Å². The Morgan fingerprint density at radius 3 is 3.10 bits per heavy atom. The van der Waals surface area contributed by atoms with Gasteiger partial charge in [-0.3, -0.25) is 4.79 Å². The van der Waals surface area contributed by atoms with Gasteiger partial charge in [-0.15, -0.1) is 11.3 Å². The quantitative estimate of drug-likeness (QED) is 0.941. The first-order valence-electron chi connectivity index (χ1n) is 6.79. The van der Waals surface area contributed by atoms with Crippen LogP contribution in [0.5, 0.6) is 5.75 Å². The highest BCUT2D eigenvalue weighted by Gasteiger charge is 2.18. The van der Waals surface area contributed by atoms with Crippen molar-refractivity contribution in [3.8, 4) is 11.8 Å². The summed E-state index contributed by atoms with van der Waals surface area (Å²) in [7, 11) is 0. The molecule has 4 nitrogen and oxygen atoms in total. The number of anilines is 1. The molecule has 21 heavy (non-hydrogen) atoms. The van der Waals surface area contributed by atoms with Crippen LogP contribution >= 0.6 is 11.3 Å². The molecule has 0 bridgehead atoms. The molecule has 1 heterocycles. The van der Waals surface area contributed by atoms with Crippen LogP contribution in [0.1, 0.15) is 26.5 Å². The number of thiophene rings is 1. The number of hydrogen-bond acceptors (Lipinski definition) is 4. The molecule has 2 aromatic rings. The standard InChI is InChI=1S/C16H14N2O2S/c17-7-8-20-13-5-2-4-12(10-13)18-16(19)15-9-11-3-1-6-14(11)21-15/h2,4-5,9-10H,1,3,6,8H2,(H,18,19). The molecule has 0 fully saturated rings. The Kier molecular flexibility index (Phi) is 3.89. The second-order valence-corrected chi connectivity index (χ2v) is 5.98. The number of ether oxygens (including phenoxy) is 1. The highest BCUT2D eigenvalue weighted by molar-refractivity contribution is 7.14. The normalized spacial score (nSPS) is 12.5. The molecule has 3 rings (SSSR count). The number of rotatable bonds is 4. The second kappa shape index (κ2) is 5.98. The minimum atomic E-state index is -0.0909. The smallest absolute Gasteiger partial charge is 0.265 e. The Morgan fingerprint density at radius 1 is 1.38 bits per heavy atom. The monoisotopic (exact) mass is 298 g/mol. The zero-order chi connectivity index (χ0) is 14.7. The Morgan fingerprint density at radius 2 is 2.29 bits per heavy atom. The Balaban J connectivity index is 1.70. The topological polar surface area (TPSA) is 62.1 Å². The van der Waals surface area contributed by atoms with E-state index in [1.807, 2.05) is 12.1 Å². The molecular weight excluding hydrogens is 284 g/mol. The molecule has 0 aliphatic heterocycles. The minimum absolute atomic E-state index is 0.00492. The summed E-state index contributed by atoms with van der Waals surface area (Å²) in [5.74, 6) is 0.481. The lowest BCUT2D eigenvalue weighted by Crippen LogP contribution is -2.10. The lowest BCUT2D eigenvalue weighted by Gasteiger charge is -2.06. The van der Waals surface area contributed by atoms with Gasteiger partial charge in [-0.25, -0.2) is 0 Å². The molecule has 1 amide bonds. The predicted molar refractivity (Wildman–Crippen MR) is 81.8 cm³/mol. The number of nitrogens with zero attached hydrogens (tertiary/aromatic N) is 1. The van der Waals surface area contributed by atoms with E-state index in [9.17, 15) is 4.79 Å². The van der Waals surface area contributed by atoms with Crippen molar-refractivity contribution in [1.29, 1.82) is 5.26 Å². The van der Waals surface area contributed by atoms with E-state index in [-0.39, 0.29) is 12.5 Å². The molecule has 0 unspecified atom stereocenters. The van der Waals surface area contributed by atoms with E-state index < -0.39 is 0 Å². The van der Waals surface area contributed by atoms with Crippen LogP contribution < -0.4 is 10.1 Å². The number of benzene rings is 1. The van der Waals surface area contributed by atoms with Crippen LogP contribution in [0.4, 0.5) is 5.69 Å². The summed E-state index contributed by atoms with van der Waals surface area (Å²) in [6, 6.07) is 11.0. The maximum atomic E-state index is 12.3. The van der Waals surface area contributed by atoms with E-state index in [2.05, 4.69) is 5.32 Å². The van der Waals surface area contributed by atoms with Gasteiger partial charge in [0.2, 0.25) is 0 Å². The van der Waals surface area contributed by atoms with Gasteiger partial charge in [0.25, 0.3) is 5.91 Å². The Hall–Kier alpha value is -2.32. The summed E-state index contributed by atoms with van der Waals surface area (Å²) in [5.41, 5.74) is 1.99. The van der Waals surface area contributed by atoms with Crippen LogP contribution in [0.15, 0.2) is 30.3 Å². The third-order valence-corrected chi connectivity index (χ3v) is 4.60. The van der Waals surface area contributed by atoms with Crippen molar-refractivity contribution in [3.63, 3.8) is 0 Å². The van der Waals surface area contributed by atoms with Crippen molar-refractivity contribution in [1.82, 2.24) is 0 Å². The zero-order valence-electron chi connectivity index (χ0n) is 11.4. The van der Waals surface area contributed by atoms with Crippen LogP contribution in [-0.2, 0) is 12.8 Å². The third-order valence-electron chi connectivity index (χ3n) is 3.37. The van der Waals surface area contributed by atoms with E-state index in [1.165, 1.54) is 16.9 Å². The maximum absolute atomic E-state index is 12.3. The molecule has 1 aromatic carbocycles. The van der Waals surface area contributed by atoms with Gasteiger partial charge in [-0.1, -0.05) is 6.07 Å². The molecule has 5 heteroatoms. The summed E-state index contributed by atoms with van der Waals surface area (Å²) in [5, 5.41) is 11.4. The molecule has 0 saturated heterocycles. The Labute approximate surface area is 127 Å². The molecule has 106 valence electrons. The van der Waals surface area contributed by atoms with Gasteiger partial charge >= 0.3 is 0 Å². The molecule has 0 radical (unpaired) electrons. The summed E-state index contributed by atoms with van der Waals surface area (Å²) >= 11 is 1.58. The number of aryl methyl sites for hydroxylation is 2. The lowest BCUT2D eigenvalue weighted by atomic mass is 10.2. The number of amides is 1. The van der Waals surface area contributed by atoms with Crippen molar-refractivity contribution in [3.05, 3.63) is 45.6 Å². The summed E-state index contributed by atoms with van der Waals surface area (Å²) in [4.78, 5) is 14.3. The average Bonchev–Trinajstić information content (AvgIpc) is 3.06. The van der Waals surface area contributed by atoms with Gasteiger partial charge < -0.3 is 10.1 Å². The van der Waals surface area contributed by atoms with Gasteiger partial charge in [0.05, 0.1) is 4.88 Å². The van der Waals surface area contributed by atoms with Crippen molar-refractivity contribution in [2.45, 2.75) is 19.3 Å². The van der Waals surface area contributed by atoms with Crippen molar-refractivity contribution in [2.75, 3.05) is 11.9 Å². The first-order valence-corrected chi connectivity index (χ1v) is 7.60. The van der Waals surface area contributed by atoms with Crippen molar-refractivity contribution < 1.29 is 9.53 Å². The number of carbonyl (C=O) groups excluding carboxylic acids is 1. The van der Waals surface area contributed by atoms with Crippen LogP contribution in [-0.4, -0.2) is 12.5 Å². The first-order chi connectivity index (χ1) is 10.3. The van der Waals surface area contributed by atoms with Crippen molar-refractivity contribution in [2.24, 2.45) is 0 Å². The SMILES string of the molecule is N#CCOc1cccc(NC(=O)c2cc3c(s2)CCC3)c1. The molecule has 1 aliphatic carbocycles. The fourth-order valence-electron chi connectivity index (χ4n) is 2.41. The van der Waals surface area contributed by atoms with Gasteiger partial charge in [-0.05, 0) is 43.0 Å². The number of carbonyl (C=O) groups is 1. The number of nitriles is 1. The van der Waals surface area contributed by atoms with Gasteiger partial charge in [-0.2, -0.15) is 5.26 Å². The fraction of sp³-hybridized carbons (Fsp3) is 0.250. The van der Waals surface area contributed by atoms with Gasteiger partial charge in [0, 0.05) is 16.6 Å². The molecule has 1 aromatic heterocycles. The van der Waals surface area contributed by atoms with Gasteiger partial charge in [0.1, 0.15) is 11.8 Å². The van der Waals surface area contributed by atoms with E-state index in [0.29, 0.717) is 11.4 Å². The number of nitrogens with one attached hydrogen (secondary N) is 1. The van der Waals surface area contributed by atoms with Crippen LogP contribution in [0.3, 0.4) is 0 Å². The largest absolute Gasteiger partial charge is 0.479 e. The summed E-state index contributed by atoms with van der Waals surface area (Å²) in [6.07, 6.45) is 3.36. The van der Waals surface area contributed by atoms with E-state index in [0.717, 1.165) is 17.7 Å². The average molecular weight is 298 g/mol. The maximum Gasteiger partial charge on any atom is 0.265 e. The molecule has 0 atom stereocenters. The highest BCUT2D eigenvalue weighted by Crippen LogP contribution is 2.31. The Bertz CT molecular complexity index is 694. The molecular formula is C16H14N2O2S. The molecule has 0 saturated carbocycles. The molecule has 0 spiro atoms. The zero-order valence-corrected chi connectivity index (χ0v) is 12.2. The third kappa shape index (κ3) is 3.06. The summed E-state index contributed by atoms with van der Waals surface area (Å²) in [6.45, 7) is -0.00492. The second-order valence-electron chi connectivity index (χ2n) is 4.84. The molecule has 1 aliphatic rings. The summed E-state index contributed by atoms with van der Waals surface area (Å²) < 4.78 is 5.22. The predicted octanol–water partition coefficient (Wildman–Crippen LogP) is 3.39. The van der Waals surface area contributed by atoms with Gasteiger partial charge in [0.15, 0.2) is 6.61 Å². The van der Waals surface area contributed by atoms with Crippen LogP contribution in [0, 0.1) is 11.3 Å². The number of hydrogen-bond donors (Lipinski definition) is 1. The van der Waals surface area contributed by atoms with E-state index >= 15 is 0 Å². The first kappa shape index (κ1) is 13.7. The van der Waals surface area contributed by atoms with Crippen molar-refractivity contribution >= 4 is 22.9 Å². The minimum Gasteiger partial charge on any atom is -0.479 e. The molecule has 1 N–H and O–H groups in total. The highest BCUT2D eigenvalue weighted by atomic mass is 32.1. The number of fused-ring (bicyclic) bond motifs is 1.